The average molecular weight is 346 g/mol. The van der Waals surface area contributed by atoms with Gasteiger partial charge >= 0.3 is 0 Å². The summed E-state index contributed by atoms with van der Waals surface area (Å²) in [4.78, 5) is 14.3. The molecular formula is C20H30N2O3. The van der Waals surface area contributed by atoms with Crippen LogP contribution in [0.3, 0.4) is 0 Å². The fourth-order valence-corrected chi connectivity index (χ4v) is 3.59. The number of hydrogen-bond acceptors (Lipinski definition) is 4. The third-order valence-corrected chi connectivity index (χ3v) is 5.24. The summed E-state index contributed by atoms with van der Waals surface area (Å²) in [5, 5.41) is 3.66. The van der Waals surface area contributed by atoms with Crippen molar-refractivity contribution in [3.8, 4) is 11.5 Å². The Bertz CT molecular complexity index is 601. The standard InChI is InChI=1S/C20H30N2O3/c1-4-25-19-11-15(5-8-18(19)24-3)12-21-17-9-10-22(13-14(17)2)20(23)16-6-7-16/h5,8,11,14,16-17,21H,4,6-7,9-10,12-13H2,1-3H3/t14-,17-/m1/s1. The molecule has 1 saturated carbocycles. The molecule has 2 atom stereocenters. The van der Waals surface area contributed by atoms with E-state index in [0.717, 1.165) is 50.4 Å². The van der Waals surface area contributed by atoms with Gasteiger partial charge in [-0.15, -0.1) is 0 Å². The van der Waals surface area contributed by atoms with E-state index < -0.39 is 0 Å². The van der Waals surface area contributed by atoms with Crippen LogP contribution in [0.5, 0.6) is 11.5 Å². The third-order valence-electron chi connectivity index (χ3n) is 5.24. The molecule has 2 aliphatic rings. The monoisotopic (exact) mass is 346 g/mol. The van der Waals surface area contributed by atoms with Crippen molar-refractivity contribution in [3.05, 3.63) is 23.8 Å². The van der Waals surface area contributed by atoms with Gasteiger partial charge in [0.15, 0.2) is 11.5 Å². The van der Waals surface area contributed by atoms with Crippen LogP contribution in [0.15, 0.2) is 18.2 Å². The van der Waals surface area contributed by atoms with Gasteiger partial charge in [0.25, 0.3) is 0 Å². The second-order valence-corrected chi connectivity index (χ2v) is 7.23. The van der Waals surface area contributed by atoms with Crippen molar-refractivity contribution in [3.63, 3.8) is 0 Å². The number of nitrogens with one attached hydrogen (secondary N) is 1. The molecule has 25 heavy (non-hydrogen) atoms. The number of carbonyl (C=O) groups is 1. The van der Waals surface area contributed by atoms with E-state index in [1.54, 1.807) is 7.11 Å². The number of hydrogen-bond donors (Lipinski definition) is 1. The maximum Gasteiger partial charge on any atom is 0.225 e. The molecule has 3 rings (SSSR count). The minimum absolute atomic E-state index is 0.327. The van der Waals surface area contributed by atoms with Crippen LogP contribution in [0, 0.1) is 11.8 Å². The second-order valence-electron chi connectivity index (χ2n) is 7.23. The van der Waals surface area contributed by atoms with E-state index in [4.69, 9.17) is 9.47 Å². The lowest BCUT2D eigenvalue weighted by molar-refractivity contribution is -0.134. The zero-order valence-electron chi connectivity index (χ0n) is 15.6. The molecule has 5 nitrogen and oxygen atoms in total. The first-order valence-electron chi connectivity index (χ1n) is 9.44. The molecule has 0 aromatic heterocycles. The van der Waals surface area contributed by atoms with Crippen LogP contribution in [0.4, 0.5) is 0 Å². The van der Waals surface area contributed by atoms with Crippen molar-refractivity contribution in [2.75, 3.05) is 26.8 Å². The number of piperidine rings is 1. The van der Waals surface area contributed by atoms with Crippen LogP contribution in [-0.2, 0) is 11.3 Å². The summed E-state index contributed by atoms with van der Waals surface area (Å²) in [6.07, 6.45) is 3.20. The summed E-state index contributed by atoms with van der Waals surface area (Å²) in [6.45, 7) is 7.39. The first-order chi connectivity index (χ1) is 12.1. The van der Waals surface area contributed by atoms with Gasteiger partial charge in [-0.25, -0.2) is 0 Å². The summed E-state index contributed by atoms with van der Waals surface area (Å²) in [7, 11) is 1.66. The number of benzene rings is 1. The second kappa shape index (κ2) is 8.09. The van der Waals surface area contributed by atoms with Gasteiger partial charge in [0, 0.05) is 31.6 Å². The minimum atomic E-state index is 0.327. The van der Waals surface area contributed by atoms with Gasteiger partial charge in [-0.1, -0.05) is 13.0 Å². The van der Waals surface area contributed by atoms with E-state index in [1.807, 2.05) is 19.1 Å². The smallest absolute Gasteiger partial charge is 0.225 e. The van der Waals surface area contributed by atoms with Crippen LogP contribution in [-0.4, -0.2) is 43.7 Å². The molecule has 5 heteroatoms. The fraction of sp³-hybridized carbons (Fsp3) is 0.650. The first kappa shape index (κ1) is 18.1. The predicted octanol–water partition coefficient (Wildman–Crippen LogP) is 2.83. The summed E-state index contributed by atoms with van der Waals surface area (Å²) >= 11 is 0. The Morgan fingerprint density at radius 1 is 1.28 bits per heavy atom. The molecule has 0 spiro atoms. The largest absolute Gasteiger partial charge is 0.493 e. The maximum atomic E-state index is 12.2. The Morgan fingerprint density at radius 2 is 2.08 bits per heavy atom. The molecular weight excluding hydrogens is 316 g/mol. The van der Waals surface area contributed by atoms with Gasteiger partial charge in [-0.05, 0) is 49.8 Å². The summed E-state index contributed by atoms with van der Waals surface area (Å²) in [5.41, 5.74) is 1.19. The Balaban J connectivity index is 1.53. The van der Waals surface area contributed by atoms with Gasteiger partial charge in [-0.3, -0.25) is 4.79 Å². The SMILES string of the molecule is CCOc1cc(CN[C@@H]2CCN(C(=O)C3CC3)C[C@H]2C)ccc1OC. The van der Waals surface area contributed by atoms with Crippen molar-refractivity contribution >= 4 is 5.91 Å². The molecule has 0 bridgehead atoms. The Labute approximate surface area is 150 Å². The molecule has 1 aromatic carbocycles. The topological polar surface area (TPSA) is 50.8 Å². The molecule has 2 fully saturated rings. The highest BCUT2D eigenvalue weighted by molar-refractivity contribution is 5.81. The molecule has 1 N–H and O–H groups in total. The Hall–Kier alpha value is -1.75. The highest BCUT2D eigenvalue weighted by Crippen LogP contribution is 2.32. The number of ether oxygens (including phenoxy) is 2. The lowest BCUT2D eigenvalue weighted by Gasteiger charge is -2.37. The number of carbonyl (C=O) groups excluding carboxylic acids is 1. The molecule has 1 aliphatic heterocycles. The van der Waals surface area contributed by atoms with Gasteiger partial charge in [0.2, 0.25) is 5.91 Å². The van der Waals surface area contributed by atoms with Gasteiger partial charge in [-0.2, -0.15) is 0 Å². The molecule has 1 aliphatic carbocycles. The normalized spacial score (nSPS) is 23.4. The van der Waals surface area contributed by atoms with Crippen molar-refractivity contribution in [2.45, 2.75) is 45.7 Å². The van der Waals surface area contributed by atoms with E-state index in [9.17, 15) is 4.79 Å². The van der Waals surface area contributed by atoms with Crippen molar-refractivity contribution < 1.29 is 14.3 Å². The lowest BCUT2D eigenvalue weighted by atomic mass is 9.93. The summed E-state index contributed by atoms with van der Waals surface area (Å²) in [6, 6.07) is 6.53. The zero-order chi connectivity index (χ0) is 17.8. The molecule has 1 amide bonds. The Kier molecular flexibility index (Phi) is 5.84. The molecule has 1 aromatic rings. The Morgan fingerprint density at radius 3 is 2.72 bits per heavy atom. The molecule has 1 heterocycles. The van der Waals surface area contributed by atoms with E-state index in [0.29, 0.717) is 30.4 Å². The van der Waals surface area contributed by atoms with Crippen LogP contribution < -0.4 is 14.8 Å². The number of nitrogens with zero attached hydrogens (tertiary/aromatic N) is 1. The van der Waals surface area contributed by atoms with Crippen LogP contribution in [0.1, 0.15) is 38.7 Å². The third kappa shape index (κ3) is 4.46. The van der Waals surface area contributed by atoms with E-state index in [2.05, 4.69) is 23.2 Å². The highest BCUT2D eigenvalue weighted by atomic mass is 16.5. The van der Waals surface area contributed by atoms with Gasteiger partial charge in [0.05, 0.1) is 13.7 Å². The summed E-state index contributed by atoms with van der Waals surface area (Å²) < 4.78 is 11.0. The quantitative estimate of drug-likeness (QED) is 0.825. The van der Waals surface area contributed by atoms with E-state index in [1.165, 1.54) is 5.56 Å². The average Bonchev–Trinajstić information content (AvgIpc) is 3.45. The van der Waals surface area contributed by atoms with Crippen LogP contribution in [0.2, 0.25) is 0 Å². The van der Waals surface area contributed by atoms with E-state index in [-0.39, 0.29) is 0 Å². The van der Waals surface area contributed by atoms with Gasteiger partial charge in [0.1, 0.15) is 0 Å². The molecule has 0 radical (unpaired) electrons. The molecule has 0 unspecified atom stereocenters. The lowest BCUT2D eigenvalue weighted by Crippen LogP contribution is -2.50. The first-order valence-corrected chi connectivity index (χ1v) is 9.44. The fourth-order valence-electron chi connectivity index (χ4n) is 3.59. The van der Waals surface area contributed by atoms with Gasteiger partial charge < -0.3 is 19.7 Å². The number of rotatable bonds is 7. The predicted molar refractivity (Wildman–Crippen MR) is 97.9 cm³/mol. The van der Waals surface area contributed by atoms with Crippen molar-refractivity contribution in [2.24, 2.45) is 11.8 Å². The van der Waals surface area contributed by atoms with Crippen molar-refractivity contribution in [1.82, 2.24) is 10.2 Å². The minimum Gasteiger partial charge on any atom is -0.493 e. The highest BCUT2D eigenvalue weighted by Gasteiger charge is 2.36. The van der Waals surface area contributed by atoms with E-state index >= 15 is 0 Å². The van der Waals surface area contributed by atoms with Crippen LogP contribution >= 0.6 is 0 Å². The number of amides is 1. The number of methoxy groups -OCH3 is 1. The maximum absolute atomic E-state index is 12.2. The molecule has 138 valence electrons. The summed E-state index contributed by atoms with van der Waals surface area (Å²) in [5.74, 6) is 2.74. The number of likely N-dealkylation sites (tertiary alicyclic amines) is 1. The van der Waals surface area contributed by atoms with Crippen LogP contribution in [0.25, 0.3) is 0 Å². The van der Waals surface area contributed by atoms with Crippen molar-refractivity contribution in [1.29, 1.82) is 0 Å². The zero-order valence-corrected chi connectivity index (χ0v) is 15.6. The molecule has 1 saturated heterocycles.